The van der Waals surface area contributed by atoms with Gasteiger partial charge in [-0.05, 0) is 25.1 Å². The van der Waals surface area contributed by atoms with E-state index in [9.17, 15) is 14.4 Å². The van der Waals surface area contributed by atoms with Gasteiger partial charge in [-0.2, -0.15) is 0 Å². The van der Waals surface area contributed by atoms with Gasteiger partial charge in [0.2, 0.25) is 0 Å². The van der Waals surface area contributed by atoms with Crippen LogP contribution in [0, 0.1) is 0 Å². The number of ether oxygens (including phenoxy) is 1. The molecule has 1 amide bonds. The number of ketones is 1. The molecule has 1 aliphatic rings. The van der Waals surface area contributed by atoms with Gasteiger partial charge < -0.3 is 15.2 Å². The van der Waals surface area contributed by atoms with Gasteiger partial charge in [-0.3, -0.25) is 14.4 Å². The molecule has 1 aliphatic heterocycles. The first-order valence-corrected chi connectivity index (χ1v) is 5.84. The van der Waals surface area contributed by atoms with Gasteiger partial charge in [-0.1, -0.05) is 0 Å². The summed E-state index contributed by atoms with van der Waals surface area (Å²) in [5, 5.41) is 11.2. The Morgan fingerprint density at radius 2 is 2.11 bits per heavy atom. The summed E-state index contributed by atoms with van der Waals surface area (Å²) in [4.78, 5) is 33.6. The van der Waals surface area contributed by atoms with Gasteiger partial charge in [0.25, 0.3) is 5.91 Å². The minimum absolute atomic E-state index is 0.0701. The maximum Gasteiger partial charge on any atom is 0.303 e. The highest BCUT2D eigenvalue weighted by Crippen LogP contribution is 2.30. The van der Waals surface area contributed by atoms with Crippen LogP contribution in [0.2, 0.25) is 0 Å². The van der Waals surface area contributed by atoms with E-state index in [2.05, 4.69) is 5.32 Å². The zero-order valence-electron chi connectivity index (χ0n) is 10.3. The lowest BCUT2D eigenvalue weighted by atomic mass is 10.0. The van der Waals surface area contributed by atoms with Crippen molar-refractivity contribution in [2.24, 2.45) is 0 Å². The zero-order valence-corrected chi connectivity index (χ0v) is 10.3. The predicted molar refractivity (Wildman–Crippen MR) is 66.4 cm³/mol. The summed E-state index contributed by atoms with van der Waals surface area (Å²) in [5.41, 5.74) is 0.794. The van der Waals surface area contributed by atoms with Crippen molar-refractivity contribution in [3.05, 3.63) is 23.8 Å². The first-order chi connectivity index (χ1) is 8.97. The molecule has 1 aromatic rings. The number of rotatable bonds is 4. The van der Waals surface area contributed by atoms with E-state index in [0.717, 1.165) is 0 Å². The van der Waals surface area contributed by atoms with Crippen LogP contribution in [0.3, 0.4) is 0 Å². The highest BCUT2D eigenvalue weighted by Gasteiger charge is 2.24. The van der Waals surface area contributed by atoms with Crippen LogP contribution in [0.5, 0.6) is 5.75 Å². The highest BCUT2D eigenvalue weighted by molar-refractivity contribution is 6.02. The summed E-state index contributed by atoms with van der Waals surface area (Å²) in [5.74, 6) is -1.07. The Labute approximate surface area is 109 Å². The second kappa shape index (κ2) is 5.09. The van der Waals surface area contributed by atoms with Crippen LogP contribution in [0.15, 0.2) is 18.2 Å². The Balaban J connectivity index is 2.17. The minimum atomic E-state index is -1.02. The minimum Gasteiger partial charge on any atom is -0.481 e. The number of hydrogen-bond donors (Lipinski definition) is 2. The van der Waals surface area contributed by atoms with Crippen molar-refractivity contribution >= 4 is 23.3 Å². The molecule has 0 aliphatic carbocycles. The number of aliphatic carboxylic acids is 1. The molecular formula is C13H13NO5. The Morgan fingerprint density at radius 1 is 1.37 bits per heavy atom. The molecule has 2 N–H and O–H groups in total. The van der Waals surface area contributed by atoms with E-state index in [1.165, 1.54) is 6.07 Å². The quantitative estimate of drug-likeness (QED) is 0.802. The molecule has 6 nitrogen and oxygen atoms in total. The van der Waals surface area contributed by atoms with Crippen LogP contribution in [-0.2, 0) is 9.59 Å². The van der Waals surface area contributed by atoms with E-state index < -0.39 is 12.1 Å². The molecule has 0 radical (unpaired) electrons. The van der Waals surface area contributed by atoms with Crippen molar-refractivity contribution in [1.82, 2.24) is 0 Å². The summed E-state index contributed by atoms with van der Waals surface area (Å²) >= 11 is 0. The molecular weight excluding hydrogens is 250 g/mol. The summed E-state index contributed by atoms with van der Waals surface area (Å²) in [6.45, 7) is 1.63. The molecule has 1 atom stereocenters. The lowest BCUT2D eigenvalue weighted by Gasteiger charge is -2.23. The normalized spacial score (nSPS) is 17.1. The molecule has 1 aromatic carbocycles. The van der Waals surface area contributed by atoms with Gasteiger partial charge in [0.05, 0.1) is 12.1 Å². The Morgan fingerprint density at radius 3 is 2.79 bits per heavy atom. The fraction of sp³-hybridized carbons (Fsp3) is 0.308. The summed E-state index contributed by atoms with van der Waals surface area (Å²) in [6.07, 6.45) is -0.851. The Bertz CT molecular complexity index is 552. The number of carbonyl (C=O) groups excluding carboxylic acids is 2. The van der Waals surface area contributed by atoms with Gasteiger partial charge in [0, 0.05) is 12.0 Å². The topological polar surface area (TPSA) is 92.7 Å². The van der Waals surface area contributed by atoms with E-state index in [1.54, 1.807) is 19.1 Å². The Hall–Kier alpha value is -2.37. The van der Waals surface area contributed by atoms with Gasteiger partial charge >= 0.3 is 5.97 Å². The molecule has 0 spiro atoms. The van der Waals surface area contributed by atoms with E-state index >= 15 is 0 Å². The SMILES string of the molecule is CC1Oc2ccc(C(=O)CCC(=O)O)cc2NC1=O. The van der Waals surface area contributed by atoms with Gasteiger partial charge in [-0.15, -0.1) is 0 Å². The lowest BCUT2D eigenvalue weighted by molar-refractivity contribution is -0.137. The number of carboxylic acid groups (broad SMARTS) is 1. The van der Waals surface area contributed by atoms with E-state index in [1.807, 2.05) is 0 Å². The van der Waals surface area contributed by atoms with Crippen molar-refractivity contribution in [2.75, 3.05) is 5.32 Å². The van der Waals surface area contributed by atoms with Crippen molar-refractivity contribution < 1.29 is 24.2 Å². The number of hydrogen-bond acceptors (Lipinski definition) is 4. The van der Waals surface area contributed by atoms with E-state index in [0.29, 0.717) is 17.0 Å². The summed E-state index contributed by atoms with van der Waals surface area (Å²) in [7, 11) is 0. The third-order valence-corrected chi connectivity index (χ3v) is 2.80. The standard InChI is InChI=1S/C13H13NO5/c1-7-13(18)14-9-6-8(2-4-11(9)19-7)10(15)3-5-12(16)17/h2,4,6-7H,3,5H2,1H3,(H,14,18)(H,16,17). The van der Waals surface area contributed by atoms with Crippen molar-refractivity contribution in [3.63, 3.8) is 0 Å². The third-order valence-electron chi connectivity index (χ3n) is 2.80. The molecule has 0 bridgehead atoms. The number of fused-ring (bicyclic) bond motifs is 1. The second-order valence-corrected chi connectivity index (χ2v) is 4.28. The smallest absolute Gasteiger partial charge is 0.303 e. The van der Waals surface area contributed by atoms with Gasteiger partial charge in [-0.25, -0.2) is 0 Å². The summed E-state index contributed by atoms with van der Waals surface area (Å²) < 4.78 is 5.36. The molecule has 19 heavy (non-hydrogen) atoms. The summed E-state index contributed by atoms with van der Waals surface area (Å²) in [6, 6.07) is 4.66. The molecule has 1 unspecified atom stereocenters. The predicted octanol–water partition coefficient (Wildman–Crippen LogP) is 1.45. The van der Waals surface area contributed by atoms with Crippen molar-refractivity contribution in [2.45, 2.75) is 25.9 Å². The van der Waals surface area contributed by atoms with Crippen LogP contribution >= 0.6 is 0 Å². The molecule has 2 rings (SSSR count). The van der Waals surface area contributed by atoms with Crippen molar-refractivity contribution in [1.29, 1.82) is 0 Å². The van der Waals surface area contributed by atoms with Gasteiger partial charge in [0.15, 0.2) is 11.9 Å². The van der Waals surface area contributed by atoms with E-state index in [4.69, 9.17) is 9.84 Å². The lowest BCUT2D eigenvalue weighted by Crippen LogP contribution is -2.34. The second-order valence-electron chi connectivity index (χ2n) is 4.28. The first-order valence-electron chi connectivity index (χ1n) is 5.84. The number of carbonyl (C=O) groups is 3. The Kier molecular flexibility index (Phi) is 3.50. The zero-order chi connectivity index (χ0) is 14.0. The maximum atomic E-state index is 11.8. The number of Topliss-reactive ketones (excluding diaryl/α,β-unsaturated/α-hetero) is 1. The average Bonchev–Trinajstić information content (AvgIpc) is 2.36. The average molecular weight is 263 g/mol. The number of amides is 1. The number of carboxylic acids is 1. The number of benzene rings is 1. The van der Waals surface area contributed by atoms with Crippen LogP contribution in [-0.4, -0.2) is 28.9 Å². The van der Waals surface area contributed by atoms with Crippen molar-refractivity contribution in [3.8, 4) is 5.75 Å². The van der Waals surface area contributed by atoms with Crippen LogP contribution in [0.4, 0.5) is 5.69 Å². The molecule has 6 heteroatoms. The fourth-order valence-electron chi connectivity index (χ4n) is 1.75. The maximum absolute atomic E-state index is 11.8. The van der Waals surface area contributed by atoms with Gasteiger partial charge in [0.1, 0.15) is 5.75 Å². The molecule has 0 fully saturated rings. The molecule has 0 saturated carbocycles. The van der Waals surface area contributed by atoms with E-state index in [-0.39, 0.29) is 24.5 Å². The van der Waals surface area contributed by atoms with Crippen LogP contribution in [0.1, 0.15) is 30.1 Å². The number of nitrogens with one attached hydrogen (secondary N) is 1. The molecule has 1 heterocycles. The molecule has 0 aromatic heterocycles. The first kappa shape index (κ1) is 13.1. The molecule has 100 valence electrons. The van der Waals surface area contributed by atoms with Crippen LogP contribution in [0.25, 0.3) is 0 Å². The number of anilines is 1. The third kappa shape index (κ3) is 2.90. The van der Waals surface area contributed by atoms with Crippen LogP contribution < -0.4 is 10.1 Å². The monoisotopic (exact) mass is 263 g/mol. The molecule has 0 saturated heterocycles. The largest absolute Gasteiger partial charge is 0.481 e. The fourth-order valence-corrected chi connectivity index (χ4v) is 1.75. The highest BCUT2D eigenvalue weighted by atomic mass is 16.5.